The predicted octanol–water partition coefficient (Wildman–Crippen LogP) is 14.7. The van der Waals surface area contributed by atoms with Crippen molar-refractivity contribution in [3.8, 4) is 45.5 Å². The lowest BCUT2D eigenvalue weighted by Crippen LogP contribution is -2.07. The fraction of sp³-hybridized carbons (Fsp3) is 0. The molecule has 0 N–H and O–H groups in total. The van der Waals surface area contributed by atoms with Crippen LogP contribution in [0.1, 0.15) is 0 Å². The van der Waals surface area contributed by atoms with E-state index in [4.69, 9.17) is 19.4 Å². The van der Waals surface area contributed by atoms with Crippen molar-refractivity contribution in [3.05, 3.63) is 200 Å². The third-order valence-corrected chi connectivity index (χ3v) is 12.9. The van der Waals surface area contributed by atoms with Crippen LogP contribution >= 0.6 is 0 Å². The molecular weight excluding hydrogens is 771 g/mol. The molecule has 4 aromatic heterocycles. The fourth-order valence-corrected chi connectivity index (χ4v) is 10.2. The minimum Gasteiger partial charge on any atom is -0.456 e. The van der Waals surface area contributed by atoms with Crippen molar-refractivity contribution in [2.45, 2.75) is 0 Å². The van der Waals surface area contributed by atoms with Crippen LogP contribution in [0.4, 0.5) is 0 Å². The summed E-state index contributed by atoms with van der Waals surface area (Å²) in [7, 11) is 0. The van der Waals surface area contributed by atoms with Gasteiger partial charge in [0.1, 0.15) is 11.2 Å². The van der Waals surface area contributed by atoms with Crippen LogP contribution in [0.5, 0.6) is 0 Å². The van der Waals surface area contributed by atoms with Crippen LogP contribution in [-0.4, -0.2) is 24.1 Å². The first-order chi connectivity index (χ1) is 31.2. The number of aromatic nitrogens is 5. The minimum atomic E-state index is 0.546. The molecule has 6 nitrogen and oxygen atoms in total. The average molecular weight is 804 g/mol. The molecule has 0 aliphatic carbocycles. The molecule has 0 aliphatic heterocycles. The van der Waals surface area contributed by atoms with E-state index in [9.17, 15) is 0 Å². The summed E-state index contributed by atoms with van der Waals surface area (Å²) in [5, 5.41) is 11.4. The van der Waals surface area contributed by atoms with Gasteiger partial charge in [-0.15, -0.1) is 0 Å². The van der Waals surface area contributed by atoms with Gasteiger partial charge in [0, 0.05) is 54.5 Å². The van der Waals surface area contributed by atoms with Gasteiger partial charge in [-0.05, 0) is 87.9 Å². The van der Waals surface area contributed by atoms with Gasteiger partial charge in [0.2, 0.25) is 5.95 Å². The van der Waals surface area contributed by atoms with Crippen LogP contribution < -0.4 is 0 Å². The topological polar surface area (TPSA) is 61.7 Å². The third-order valence-electron chi connectivity index (χ3n) is 12.9. The lowest BCUT2D eigenvalue weighted by Gasteiger charge is -2.15. The van der Waals surface area contributed by atoms with Gasteiger partial charge in [-0.25, -0.2) is 4.98 Å². The third kappa shape index (κ3) is 4.91. The molecule has 14 rings (SSSR count). The van der Waals surface area contributed by atoms with Crippen LogP contribution in [0.25, 0.3) is 133 Å². The Labute approximate surface area is 359 Å². The normalized spacial score (nSPS) is 12.1. The van der Waals surface area contributed by atoms with Gasteiger partial charge >= 0.3 is 0 Å². The molecule has 292 valence electrons. The number of para-hydroxylation sites is 3. The number of nitrogens with zero attached hydrogens (tertiary/aromatic N) is 5. The van der Waals surface area contributed by atoms with Crippen molar-refractivity contribution in [1.82, 2.24) is 24.1 Å². The molecule has 0 bridgehead atoms. The highest BCUT2D eigenvalue weighted by molar-refractivity contribution is 6.35. The quantitative estimate of drug-likeness (QED) is 0.163. The lowest BCUT2D eigenvalue weighted by atomic mass is 9.91. The maximum Gasteiger partial charge on any atom is 0.238 e. The molecule has 63 heavy (non-hydrogen) atoms. The Balaban J connectivity index is 1.07. The van der Waals surface area contributed by atoms with Crippen LogP contribution in [-0.2, 0) is 0 Å². The van der Waals surface area contributed by atoms with Crippen LogP contribution in [0, 0.1) is 0 Å². The Kier molecular flexibility index (Phi) is 7.02. The minimum absolute atomic E-state index is 0.546. The molecule has 0 amide bonds. The van der Waals surface area contributed by atoms with Gasteiger partial charge in [0.15, 0.2) is 11.6 Å². The summed E-state index contributed by atoms with van der Waals surface area (Å²) in [6, 6.07) is 70.7. The van der Waals surface area contributed by atoms with Crippen molar-refractivity contribution in [2.75, 3.05) is 0 Å². The number of benzene rings is 10. The van der Waals surface area contributed by atoms with E-state index in [1.165, 1.54) is 21.7 Å². The summed E-state index contributed by atoms with van der Waals surface area (Å²) in [5.41, 5.74) is 11.2. The standard InChI is InChI=1S/C57H33N5O/c1-2-14-34(15-3-1)35-28-30-49-45(33-35)41-21-8-11-26-48(41)62(49)57-59-55(36-16-12-17-37(32-36)61-46-24-9-6-19-39(46)40-20-7-10-25-47(40)61)58-56(60-57)44-29-31-51-54-52(44)42-22-5-4-18-38(42)43-23-13-27-50(63-51)53(43)54/h1-33H. The first-order valence-corrected chi connectivity index (χ1v) is 21.3. The number of furan rings is 1. The highest BCUT2D eigenvalue weighted by atomic mass is 16.3. The summed E-state index contributed by atoms with van der Waals surface area (Å²) in [4.78, 5) is 16.4. The van der Waals surface area contributed by atoms with E-state index < -0.39 is 0 Å². The van der Waals surface area contributed by atoms with Gasteiger partial charge in [-0.3, -0.25) is 4.57 Å². The van der Waals surface area contributed by atoms with E-state index in [0.29, 0.717) is 17.6 Å². The van der Waals surface area contributed by atoms with Gasteiger partial charge in [0.25, 0.3) is 0 Å². The molecule has 0 atom stereocenters. The molecule has 0 saturated heterocycles. The average Bonchev–Trinajstić information content (AvgIpc) is 4.02. The maximum atomic E-state index is 6.54. The predicted molar refractivity (Wildman–Crippen MR) is 258 cm³/mol. The van der Waals surface area contributed by atoms with Gasteiger partial charge in [-0.1, -0.05) is 140 Å². The Bertz CT molecular complexity index is 4100. The van der Waals surface area contributed by atoms with Crippen molar-refractivity contribution in [1.29, 1.82) is 0 Å². The Morgan fingerprint density at radius 3 is 1.67 bits per heavy atom. The summed E-state index contributed by atoms with van der Waals surface area (Å²) in [5.74, 6) is 1.72. The van der Waals surface area contributed by atoms with Crippen molar-refractivity contribution in [3.63, 3.8) is 0 Å². The lowest BCUT2D eigenvalue weighted by molar-refractivity contribution is 0.669. The van der Waals surface area contributed by atoms with Gasteiger partial charge < -0.3 is 8.98 Å². The second-order valence-corrected chi connectivity index (χ2v) is 16.3. The van der Waals surface area contributed by atoms with Gasteiger partial charge in [0.05, 0.1) is 22.1 Å². The first-order valence-electron chi connectivity index (χ1n) is 21.3. The van der Waals surface area contributed by atoms with E-state index in [-0.39, 0.29) is 0 Å². The second kappa shape index (κ2) is 12.9. The fourth-order valence-electron chi connectivity index (χ4n) is 10.2. The van der Waals surface area contributed by atoms with E-state index in [1.807, 2.05) is 0 Å². The number of rotatable bonds is 5. The summed E-state index contributed by atoms with van der Waals surface area (Å²) >= 11 is 0. The van der Waals surface area contributed by atoms with E-state index >= 15 is 0 Å². The maximum absolute atomic E-state index is 6.54. The molecule has 0 fully saturated rings. The summed E-state index contributed by atoms with van der Waals surface area (Å²) in [6.07, 6.45) is 0. The zero-order chi connectivity index (χ0) is 41.2. The van der Waals surface area contributed by atoms with Gasteiger partial charge in [-0.2, -0.15) is 9.97 Å². The van der Waals surface area contributed by atoms with Crippen LogP contribution in [0.2, 0.25) is 0 Å². The van der Waals surface area contributed by atoms with Crippen molar-refractivity contribution in [2.24, 2.45) is 0 Å². The summed E-state index contributed by atoms with van der Waals surface area (Å²) < 4.78 is 11.1. The Morgan fingerprint density at radius 2 is 0.889 bits per heavy atom. The Hall–Kier alpha value is -8.61. The molecule has 4 heterocycles. The SMILES string of the molecule is c1ccc(-c2ccc3c(c2)c2ccccc2n3-c2nc(-c3cccc(-n4c5ccccc5c5ccccc54)c3)nc(-c3ccc4oc5cccc6c7ccccc7c3c4c56)n2)cc1. The molecule has 6 heteroatoms. The summed E-state index contributed by atoms with van der Waals surface area (Å²) in [6.45, 7) is 0. The molecule has 14 aromatic rings. The molecule has 0 spiro atoms. The molecule has 0 saturated carbocycles. The largest absolute Gasteiger partial charge is 0.456 e. The number of fused-ring (bicyclic) bond motifs is 9. The molecule has 10 aromatic carbocycles. The smallest absolute Gasteiger partial charge is 0.238 e. The second-order valence-electron chi connectivity index (χ2n) is 16.3. The van der Waals surface area contributed by atoms with Crippen LogP contribution in [0.15, 0.2) is 205 Å². The van der Waals surface area contributed by atoms with E-state index in [1.54, 1.807) is 0 Å². The molecule has 0 unspecified atom stereocenters. The number of hydrogen-bond donors (Lipinski definition) is 0. The van der Waals surface area contributed by atoms with Crippen molar-refractivity contribution >= 4 is 87.1 Å². The highest BCUT2D eigenvalue weighted by Gasteiger charge is 2.24. The van der Waals surface area contributed by atoms with E-state index in [0.717, 1.165) is 93.3 Å². The number of hydrogen-bond acceptors (Lipinski definition) is 4. The van der Waals surface area contributed by atoms with Crippen molar-refractivity contribution < 1.29 is 4.42 Å². The molecule has 0 radical (unpaired) electrons. The molecular formula is C57H33N5O. The first kappa shape index (κ1) is 34.1. The Morgan fingerprint density at radius 1 is 0.317 bits per heavy atom. The molecule has 0 aliphatic rings. The van der Waals surface area contributed by atoms with E-state index in [2.05, 4.69) is 209 Å². The zero-order valence-electron chi connectivity index (χ0n) is 33.7. The zero-order valence-corrected chi connectivity index (χ0v) is 33.7. The highest BCUT2D eigenvalue weighted by Crippen LogP contribution is 2.46. The van der Waals surface area contributed by atoms with Crippen LogP contribution in [0.3, 0.4) is 0 Å². The monoisotopic (exact) mass is 803 g/mol.